The lowest BCUT2D eigenvalue weighted by molar-refractivity contribution is -0.134. The molecule has 0 aliphatic carbocycles. The monoisotopic (exact) mass is 208 g/mol. The molecule has 0 saturated carbocycles. The van der Waals surface area contributed by atoms with Gasteiger partial charge >= 0.3 is 0 Å². The maximum absolute atomic E-state index is 9.00. The Morgan fingerprint density at radius 1 is 1.36 bits per heavy atom. The summed E-state index contributed by atoms with van der Waals surface area (Å²) in [5, 5.41) is 16.0. The highest BCUT2D eigenvalue weighted by molar-refractivity contribution is 5.62. The summed E-state index contributed by atoms with van der Waals surface area (Å²) in [6.07, 6.45) is 0.0200. The van der Waals surface area contributed by atoms with Crippen molar-refractivity contribution in [3.8, 4) is 0 Å². The Balaban J connectivity index is 0. The molecule has 0 spiro atoms. The quantitative estimate of drug-likeness (QED) is 0.688. The smallest absolute Gasteiger partial charge is 0.300 e. The van der Waals surface area contributed by atoms with Crippen LogP contribution in [0.2, 0.25) is 0 Å². The van der Waals surface area contributed by atoms with E-state index in [1.54, 1.807) is 7.11 Å². The Morgan fingerprint density at radius 3 is 2.07 bits per heavy atom. The molecule has 0 saturated heterocycles. The van der Waals surface area contributed by atoms with Crippen molar-refractivity contribution in [3.05, 3.63) is 0 Å². The summed E-state index contributed by atoms with van der Waals surface area (Å²) >= 11 is 0. The molecular formula is C9H20O5. The fourth-order valence-electron chi connectivity index (χ4n) is 0.421. The summed E-state index contributed by atoms with van der Waals surface area (Å²) in [5.41, 5.74) is 0. The molecular weight excluding hydrogens is 188 g/mol. The van der Waals surface area contributed by atoms with Crippen molar-refractivity contribution in [3.63, 3.8) is 0 Å². The van der Waals surface area contributed by atoms with Crippen molar-refractivity contribution in [2.75, 3.05) is 20.3 Å². The van der Waals surface area contributed by atoms with Gasteiger partial charge in [0.05, 0.1) is 25.4 Å². The third-order valence-corrected chi connectivity index (χ3v) is 1.27. The lowest BCUT2D eigenvalue weighted by Gasteiger charge is -2.13. The minimum Gasteiger partial charge on any atom is -0.481 e. The second kappa shape index (κ2) is 10.4. The van der Waals surface area contributed by atoms with E-state index in [4.69, 9.17) is 24.5 Å². The van der Waals surface area contributed by atoms with Gasteiger partial charge in [0.1, 0.15) is 0 Å². The Kier molecular flexibility index (Phi) is 11.8. The number of carbonyl (C=O) groups is 1. The Labute approximate surface area is 84.6 Å². The van der Waals surface area contributed by atoms with Crippen molar-refractivity contribution in [2.45, 2.75) is 33.0 Å². The van der Waals surface area contributed by atoms with Gasteiger partial charge < -0.3 is 19.7 Å². The topological polar surface area (TPSA) is 76.0 Å². The molecule has 0 amide bonds. The molecule has 0 aliphatic heterocycles. The molecule has 2 unspecified atom stereocenters. The predicted molar refractivity (Wildman–Crippen MR) is 52.3 cm³/mol. The Morgan fingerprint density at radius 2 is 1.79 bits per heavy atom. The molecule has 0 rings (SSSR count). The average Bonchev–Trinajstić information content (AvgIpc) is 2.12. The molecule has 5 nitrogen and oxygen atoms in total. The maximum Gasteiger partial charge on any atom is 0.300 e. The van der Waals surface area contributed by atoms with E-state index in [0.29, 0.717) is 6.61 Å². The zero-order chi connectivity index (χ0) is 11.6. The van der Waals surface area contributed by atoms with Gasteiger partial charge in [-0.2, -0.15) is 0 Å². The van der Waals surface area contributed by atoms with Crippen LogP contribution in [0.4, 0.5) is 0 Å². The Bertz CT molecular complexity index is 123. The van der Waals surface area contributed by atoms with Crippen LogP contribution in [-0.4, -0.2) is 48.7 Å². The zero-order valence-electron chi connectivity index (χ0n) is 9.19. The number of aliphatic hydroxyl groups is 1. The van der Waals surface area contributed by atoms with Crippen LogP contribution in [0.3, 0.4) is 0 Å². The van der Waals surface area contributed by atoms with E-state index in [1.165, 1.54) is 0 Å². The van der Waals surface area contributed by atoms with Gasteiger partial charge in [-0.05, 0) is 13.8 Å². The third kappa shape index (κ3) is 17.4. The first-order valence-electron chi connectivity index (χ1n) is 4.38. The molecule has 5 heteroatoms. The molecule has 86 valence electrons. The number of aliphatic carboxylic acids is 1. The molecule has 0 fully saturated rings. The van der Waals surface area contributed by atoms with Gasteiger partial charge in [0.2, 0.25) is 0 Å². The predicted octanol–water partition coefficient (Wildman–Crippen LogP) is 0.510. The molecule has 0 aliphatic rings. The second-order valence-corrected chi connectivity index (χ2v) is 2.89. The van der Waals surface area contributed by atoms with Crippen LogP contribution in [0.25, 0.3) is 0 Å². The zero-order valence-corrected chi connectivity index (χ0v) is 9.19. The first kappa shape index (κ1) is 15.8. The van der Waals surface area contributed by atoms with Crippen LogP contribution in [0.5, 0.6) is 0 Å². The van der Waals surface area contributed by atoms with Crippen LogP contribution in [0, 0.1) is 0 Å². The third-order valence-electron chi connectivity index (χ3n) is 1.27. The van der Waals surface area contributed by atoms with E-state index in [2.05, 4.69) is 0 Å². The van der Waals surface area contributed by atoms with Gasteiger partial charge in [0.25, 0.3) is 5.97 Å². The standard InChI is InChI=1S/C7H16O3.C2H4O2/c1-6(4-8)10-5-7(2)9-3;1-2(3)4/h6-8H,4-5H2,1-3H3;1H3,(H,3,4). The number of rotatable bonds is 5. The number of carboxylic acid groups (broad SMARTS) is 1. The maximum atomic E-state index is 9.00. The number of carboxylic acids is 1. The van der Waals surface area contributed by atoms with Crippen molar-refractivity contribution in [1.29, 1.82) is 0 Å². The lowest BCUT2D eigenvalue weighted by Crippen LogP contribution is -2.21. The summed E-state index contributed by atoms with van der Waals surface area (Å²) < 4.78 is 10.1. The van der Waals surface area contributed by atoms with Crippen LogP contribution in [0.1, 0.15) is 20.8 Å². The van der Waals surface area contributed by atoms with Gasteiger partial charge in [-0.1, -0.05) is 0 Å². The average molecular weight is 208 g/mol. The van der Waals surface area contributed by atoms with Crippen molar-refractivity contribution >= 4 is 5.97 Å². The molecule has 0 aromatic carbocycles. The molecule has 2 atom stereocenters. The minimum absolute atomic E-state index is 0.0659. The molecule has 0 aromatic heterocycles. The van der Waals surface area contributed by atoms with Gasteiger partial charge in [0, 0.05) is 14.0 Å². The molecule has 0 bridgehead atoms. The van der Waals surface area contributed by atoms with E-state index in [9.17, 15) is 0 Å². The largest absolute Gasteiger partial charge is 0.481 e. The fraction of sp³-hybridized carbons (Fsp3) is 0.889. The molecule has 0 heterocycles. The molecule has 2 N–H and O–H groups in total. The highest BCUT2D eigenvalue weighted by Crippen LogP contribution is 1.93. The molecule has 0 aromatic rings. The first-order chi connectivity index (χ1) is 6.43. The van der Waals surface area contributed by atoms with Crippen LogP contribution in [0.15, 0.2) is 0 Å². The van der Waals surface area contributed by atoms with Crippen LogP contribution >= 0.6 is 0 Å². The summed E-state index contributed by atoms with van der Waals surface area (Å²) in [4.78, 5) is 9.00. The van der Waals surface area contributed by atoms with E-state index < -0.39 is 5.97 Å². The Hall–Kier alpha value is -0.650. The van der Waals surface area contributed by atoms with E-state index in [1.807, 2.05) is 13.8 Å². The molecule has 0 radical (unpaired) electrons. The number of ether oxygens (including phenoxy) is 2. The van der Waals surface area contributed by atoms with E-state index >= 15 is 0 Å². The number of hydrogen-bond acceptors (Lipinski definition) is 4. The van der Waals surface area contributed by atoms with Gasteiger partial charge in [-0.25, -0.2) is 0 Å². The fourth-order valence-corrected chi connectivity index (χ4v) is 0.421. The van der Waals surface area contributed by atoms with E-state index in [0.717, 1.165) is 6.92 Å². The summed E-state index contributed by atoms with van der Waals surface area (Å²) in [7, 11) is 1.64. The van der Waals surface area contributed by atoms with Gasteiger partial charge in [0.15, 0.2) is 0 Å². The SMILES string of the molecule is CC(=O)O.COC(C)COC(C)CO. The summed E-state index contributed by atoms with van der Waals surface area (Å²) in [6.45, 7) is 5.43. The molecule has 14 heavy (non-hydrogen) atoms. The van der Waals surface area contributed by atoms with Crippen molar-refractivity contribution in [1.82, 2.24) is 0 Å². The van der Waals surface area contributed by atoms with Crippen LogP contribution < -0.4 is 0 Å². The van der Waals surface area contributed by atoms with Gasteiger partial charge in [-0.15, -0.1) is 0 Å². The number of methoxy groups -OCH3 is 1. The lowest BCUT2D eigenvalue weighted by atomic mass is 10.4. The second-order valence-electron chi connectivity index (χ2n) is 2.89. The highest BCUT2D eigenvalue weighted by Gasteiger charge is 2.03. The van der Waals surface area contributed by atoms with Gasteiger partial charge in [-0.3, -0.25) is 4.79 Å². The number of hydrogen-bond donors (Lipinski definition) is 2. The number of aliphatic hydroxyl groups excluding tert-OH is 1. The van der Waals surface area contributed by atoms with Crippen molar-refractivity contribution < 1.29 is 24.5 Å². The van der Waals surface area contributed by atoms with Crippen molar-refractivity contribution in [2.24, 2.45) is 0 Å². The summed E-state index contributed by atoms with van der Waals surface area (Å²) in [6, 6.07) is 0. The first-order valence-corrected chi connectivity index (χ1v) is 4.38. The van der Waals surface area contributed by atoms with E-state index in [-0.39, 0.29) is 18.8 Å². The highest BCUT2D eigenvalue weighted by atomic mass is 16.5. The minimum atomic E-state index is -0.833. The van der Waals surface area contributed by atoms with Crippen LogP contribution in [-0.2, 0) is 14.3 Å². The normalized spacial score (nSPS) is 13.8. The summed E-state index contributed by atoms with van der Waals surface area (Å²) in [5.74, 6) is -0.833.